The molecule has 0 spiro atoms. The minimum atomic E-state index is -0.527. The number of aryl methyl sites for hydroxylation is 1. The summed E-state index contributed by atoms with van der Waals surface area (Å²) in [5.74, 6) is 0.541. The van der Waals surface area contributed by atoms with Crippen LogP contribution in [-0.2, 0) is 23.1 Å². The molecule has 3 heterocycles. The molecule has 0 aliphatic carbocycles. The van der Waals surface area contributed by atoms with Gasteiger partial charge in [0.25, 0.3) is 0 Å². The standard InChI is InChI=1S/C30H37N5O5/c1-30(2,3)40-29(38)33-17-15-32(16-18-33)25-20-31(4)27-23(25)7-6-8-24(27)34-14-13-26(36)35(28(34)37)19-21-9-11-22(39-5)12-10-21/h6-12,20H,13-19H2,1-5H3. The molecule has 2 aliphatic heterocycles. The summed E-state index contributed by atoms with van der Waals surface area (Å²) >= 11 is 0. The van der Waals surface area contributed by atoms with E-state index in [0.29, 0.717) is 32.7 Å². The molecule has 0 saturated carbocycles. The van der Waals surface area contributed by atoms with Gasteiger partial charge < -0.3 is 23.8 Å². The molecule has 5 rings (SSSR count). The van der Waals surface area contributed by atoms with Crippen LogP contribution in [0.15, 0.2) is 48.7 Å². The van der Waals surface area contributed by atoms with Crippen molar-refractivity contribution in [3.63, 3.8) is 0 Å². The summed E-state index contributed by atoms with van der Waals surface area (Å²) < 4.78 is 12.8. The van der Waals surface area contributed by atoms with Crippen LogP contribution in [0.3, 0.4) is 0 Å². The first-order valence-corrected chi connectivity index (χ1v) is 13.6. The van der Waals surface area contributed by atoms with Gasteiger partial charge in [0, 0.05) is 57.8 Å². The average molecular weight is 548 g/mol. The topological polar surface area (TPSA) is 87.6 Å². The number of hydrogen-bond donors (Lipinski definition) is 0. The van der Waals surface area contributed by atoms with E-state index in [2.05, 4.69) is 17.2 Å². The van der Waals surface area contributed by atoms with E-state index < -0.39 is 5.60 Å². The van der Waals surface area contributed by atoms with E-state index in [1.165, 1.54) is 4.90 Å². The van der Waals surface area contributed by atoms with E-state index in [0.717, 1.165) is 33.6 Å². The first kappa shape index (κ1) is 27.4. The second kappa shape index (κ2) is 10.7. The highest BCUT2D eigenvalue weighted by Crippen LogP contribution is 2.37. The number of amides is 4. The SMILES string of the molecule is COc1ccc(CN2C(=O)CCN(c3cccc4c(N5CCN(C(=O)OC(C)(C)C)CC5)cn(C)c34)C2=O)cc1. The Kier molecular flexibility index (Phi) is 7.35. The highest BCUT2D eigenvalue weighted by atomic mass is 16.6. The van der Waals surface area contributed by atoms with Crippen molar-refractivity contribution in [1.29, 1.82) is 0 Å². The first-order valence-electron chi connectivity index (χ1n) is 13.6. The van der Waals surface area contributed by atoms with Gasteiger partial charge in [0.1, 0.15) is 11.4 Å². The van der Waals surface area contributed by atoms with E-state index in [9.17, 15) is 14.4 Å². The fourth-order valence-corrected chi connectivity index (χ4v) is 5.34. The fourth-order valence-electron chi connectivity index (χ4n) is 5.34. The first-order chi connectivity index (χ1) is 19.1. The summed E-state index contributed by atoms with van der Waals surface area (Å²) in [4.78, 5) is 46.0. The normalized spacial score (nSPS) is 16.6. The van der Waals surface area contributed by atoms with E-state index in [1.54, 1.807) is 16.9 Å². The van der Waals surface area contributed by atoms with Crippen LogP contribution in [0.4, 0.5) is 21.0 Å². The molecule has 2 fully saturated rings. The third kappa shape index (κ3) is 5.43. The Balaban J connectivity index is 1.36. The van der Waals surface area contributed by atoms with Crippen molar-refractivity contribution in [2.75, 3.05) is 49.6 Å². The number of urea groups is 1. The monoisotopic (exact) mass is 547 g/mol. The van der Waals surface area contributed by atoms with Crippen LogP contribution in [0, 0.1) is 0 Å². The minimum absolute atomic E-state index is 0.181. The Morgan fingerprint density at radius 1 is 0.925 bits per heavy atom. The molecule has 0 N–H and O–H groups in total. The van der Waals surface area contributed by atoms with Gasteiger partial charge in [0.05, 0.1) is 30.5 Å². The third-order valence-corrected chi connectivity index (χ3v) is 7.33. The van der Waals surface area contributed by atoms with Crippen molar-refractivity contribution in [3.8, 4) is 5.75 Å². The van der Waals surface area contributed by atoms with Crippen LogP contribution >= 0.6 is 0 Å². The number of anilines is 2. The Hall–Kier alpha value is -4.21. The van der Waals surface area contributed by atoms with Gasteiger partial charge in [-0.3, -0.25) is 14.6 Å². The van der Waals surface area contributed by atoms with Crippen LogP contribution in [0.2, 0.25) is 0 Å². The molecule has 2 saturated heterocycles. The van der Waals surface area contributed by atoms with E-state index >= 15 is 0 Å². The van der Waals surface area contributed by atoms with Crippen molar-refractivity contribution in [2.45, 2.75) is 39.3 Å². The predicted octanol–water partition coefficient (Wildman–Crippen LogP) is 4.60. The molecule has 0 unspecified atom stereocenters. The minimum Gasteiger partial charge on any atom is -0.497 e. The molecule has 10 nitrogen and oxygen atoms in total. The maximum atomic E-state index is 13.7. The van der Waals surface area contributed by atoms with Crippen LogP contribution in [0.1, 0.15) is 32.8 Å². The van der Waals surface area contributed by atoms with Gasteiger partial charge in [-0.15, -0.1) is 0 Å². The maximum absolute atomic E-state index is 13.7. The van der Waals surface area contributed by atoms with Gasteiger partial charge in [-0.2, -0.15) is 0 Å². The number of hydrogen-bond acceptors (Lipinski definition) is 6. The van der Waals surface area contributed by atoms with Crippen LogP contribution < -0.4 is 14.5 Å². The Morgan fingerprint density at radius 2 is 1.62 bits per heavy atom. The highest BCUT2D eigenvalue weighted by Gasteiger charge is 2.35. The number of piperazine rings is 1. The molecule has 10 heteroatoms. The molecule has 2 aliphatic rings. The van der Waals surface area contributed by atoms with Crippen molar-refractivity contribution in [2.24, 2.45) is 7.05 Å². The van der Waals surface area contributed by atoms with E-state index in [1.807, 2.05) is 68.8 Å². The molecule has 4 amide bonds. The summed E-state index contributed by atoms with van der Waals surface area (Å²) in [7, 11) is 3.57. The van der Waals surface area contributed by atoms with Crippen molar-refractivity contribution < 1.29 is 23.9 Å². The van der Waals surface area contributed by atoms with Crippen LogP contribution in [0.5, 0.6) is 5.75 Å². The quantitative estimate of drug-likeness (QED) is 0.464. The van der Waals surface area contributed by atoms with Crippen molar-refractivity contribution in [1.82, 2.24) is 14.4 Å². The zero-order chi connectivity index (χ0) is 28.6. The summed E-state index contributed by atoms with van der Waals surface area (Å²) in [6, 6.07) is 13.0. The van der Waals surface area contributed by atoms with Crippen LogP contribution in [-0.4, -0.2) is 77.8 Å². The lowest BCUT2D eigenvalue weighted by atomic mass is 10.1. The molecule has 40 heavy (non-hydrogen) atoms. The van der Waals surface area contributed by atoms with Gasteiger partial charge in [-0.1, -0.05) is 24.3 Å². The van der Waals surface area contributed by atoms with Gasteiger partial charge >= 0.3 is 12.1 Å². The second-order valence-corrected chi connectivity index (χ2v) is 11.3. The number of aromatic nitrogens is 1. The van der Waals surface area contributed by atoms with Crippen LogP contribution in [0.25, 0.3) is 10.9 Å². The molecule has 0 bridgehead atoms. The largest absolute Gasteiger partial charge is 0.497 e. The maximum Gasteiger partial charge on any atom is 0.410 e. The number of rotatable bonds is 5. The third-order valence-electron chi connectivity index (χ3n) is 7.33. The number of imide groups is 1. The molecular weight excluding hydrogens is 510 g/mol. The van der Waals surface area contributed by atoms with Crippen molar-refractivity contribution in [3.05, 3.63) is 54.2 Å². The molecule has 0 atom stereocenters. The Bertz CT molecular complexity index is 1420. The molecule has 2 aromatic carbocycles. The number of carbonyl (C=O) groups excluding carboxylic acids is 3. The predicted molar refractivity (Wildman–Crippen MR) is 154 cm³/mol. The van der Waals surface area contributed by atoms with Crippen molar-refractivity contribution >= 4 is 40.3 Å². The molecule has 3 aromatic rings. The van der Waals surface area contributed by atoms with Gasteiger partial charge in [-0.25, -0.2) is 9.59 Å². The lowest BCUT2D eigenvalue weighted by molar-refractivity contribution is -0.129. The summed E-state index contributed by atoms with van der Waals surface area (Å²) in [6.07, 6.45) is 2.04. The van der Waals surface area contributed by atoms with E-state index in [4.69, 9.17) is 9.47 Å². The van der Waals surface area contributed by atoms with Gasteiger partial charge in [0.2, 0.25) is 5.91 Å². The number of benzene rings is 2. The number of para-hydroxylation sites is 1. The zero-order valence-corrected chi connectivity index (χ0v) is 23.8. The summed E-state index contributed by atoms with van der Waals surface area (Å²) in [6.45, 7) is 8.63. The number of methoxy groups -OCH3 is 1. The summed E-state index contributed by atoms with van der Waals surface area (Å²) in [5, 5.41) is 1.03. The number of ether oxygens (including phenoxy) is 2. The average Bonchev–Trinajstić information content (AvgIpc) is 3.27. The highest BCUT2D eigenvalue weighted by molar-refractivity contribution is 6.11. The smallest absolute Gasteiger partial charge is 0.410 e. The van der Waals surface area contributed by atoms with E-state index in [-0.39, 0.29) is 31.0 Å². The van der Waals surface area contributed by atoms with Gasteiger partial charge in [0.15, 0.2) is 0 Å². The zero-order valence-electron chi connectivity index (χ0n) is 23.8. The number of carbonyl (C=O) groups is 3. The lowest BCUT2D eigenvalue weighted by Crippen LogP contribution is -2.52. The molecule has 212 valence electrons. The second-order valence-electron chi connectivity index (χ2n) is 11.3. The molecule has 0 radical (unpaired) electrons. The molecule has 1 aromatic heterocycles. The fraction of sp³-hybridized carbons (Fsp3) is 0.433. The Labute approximate surface area is 234 Å². The number of nitrogens with zero attached hydrogens (tertiary/aromatic N) is 5. The lowest BCUT2D eigenvalue weighted by Gasteiger charge is -2.36. The Morgan fingerprint density at radius 3 is 2.27 bits per heavy atom. The molecular formula is C30H37N5O5. The summed E-state index contributed by atoms with van der Waals surface area (Å²) in [5.41, 5.74) is 3.09. The van der Waals surface area contributed by atoms with Gasteiger partial charge in [-0.05, 0) is 44.5 Å². The number of fused-ring (bicyclic) bond motifs is 1.